The lowest BCUT2D eigenvalue weighted by atomic mass is 10.0. The molecule has 0 heterocycles. The first-order chi connectivity index (χ1) is 37.5. The second-order valence-electron chi connectivity index (χ2n) is 23.9. The third-order valence-corrected chi connectivity index (χ3v) is 16.3. The Kier molecular flexibility index (Phi) is 64.4. The topological polar surface area (TPSA) is 95.9 Å². The van der Waals surface area contributed by atoms with Crippen molar-refractivity contribution < 1.29 is 24.5 Å². The van der Waals surface area contributed by atoms with Gasteiger partial charge in [-0.15, -0.1) is 0 Å². The predicted molar refractivity (Wildman–Crippen MR) is 333 cm³/mol. The van der Waals surface area contributed by atoms with E-state index in [1.807, 2.05) is 0 Å². The summed E-state index contributed by atoms with van der Waals surface area (Å²) in [6.45, 7) is 4.95. The summed E-state index contributed by atoms with van der Waals surface area (Å²) in [5, 5.41) is 23.4. The Morgan fingerprint density at radius 1 is 0.368 bits per heavy atom. The van der Waals surface area contributed by atoms with Gasteiger partial charge in [-0.2, -0.15) is 0 Å². The fourth-order valence-corrected chi connectivity index (χ4v) is 11.0. The number of unbranched alkanes of at least 4 members (excludes halogenated alkanes) is 50. The van der Waals surface area contributed by atoms with Crippen LogP contribution in [0.2, 0.25) is 0 Å². The Bertz CT molecular complexity index is 1190. The van der Waals surface area contributed by atoms with Crippen LogP contribution < -0.4 is 5.32 Å². The number of hydrogen-bond donors (Lipinski definition) is 3. The first-order valence-electron chi connectivity index (χ1n) is 34.6. The zero-order valence-electron chi connectivity index (χ0n) is 51.5. The molecule has 3 N–H and O–H groups in total. The van der Waals surface area contributed by atoms with E-state index in [0.717, 1.165) is 51.4 Å². The maximum atomic E-state index is 12.6. The third kappa shape index (κ3) is 61.6. The number of amides is 1. The highest BCUT2D eigenvalue weighted by Gasteiger charge is 2.20. The Balaban J connectivity index is 3.40. The fraction of sp³-hybridized carbons (Fsp3) is 0.914. The first-order valence-corrected chi connectivity index (χ1v) is 34.6. The van der Waals surface area contributed by atoms with Crippen LogP contribution >= 0.6 is 0 Å². The van der Waals surface area contributed by atoms with Crippen LogP contribution in [-0.4, -0.2) is 47.4 Å². The lowest BCUT2D eigenvalue weighted by Gasteiger charge is -2.22. The minimum Gasteiger partial charge on any atom is -0.466 e. The maximum Gasteiger partial charge on any atom is 0.305 e. The average molecular weight is 1070 g/mol. The number of aliphatic hydroxyl groups excluding tert-OH is 2. The van der Waals surface area contributed by atoms with Crippen LogP contribution in [-0.2, 0) is 14.3 Å². The number of carbonyl (C=O) groups is 2. The van der Waals surface area contributed by atoms with Crippen molar-refractivity contribution in [1.82, 2.24) is 5.32 Å². The quantitative estimate of drug-likeness (QED) is 0.0320. The number of hydrogen-bond acceptors (Lipinski definition) is 5. The van der Waals surface area contributed by atoms with E-state index in [-0.39, 0.29) is 18.5 Å². The van der Waals surface area contributed by atoms with E-state index >= 15 is 0 Å². The molecule has 1 amide bonds. The molecule has 0 aromatic rings. The number of esters is 1. The molecule has 0 aromatic carbocycles. The van der Waals surface area contributed by atoms with E-state index in [9.17, 15) is 19.8 Å². The number of nitrogens with one attached hydrogen (secondary N) is 1. The van der Waals surface area contributed by atoms with Gasteiger partial charge in [0.05, 0.1) is 25.4 Å². The van der Waals surface area contributed by atoms with Crippen molar-refractivity contribution in [2.24, 2.45) is 0 Å². The molecule has 6 heteroatoms. The van der Waals surface area contributed by atoms with Gasteiger partial charge in [-0.1, -0.05) is 340 Å². The number of aliphatic hydroxyl groups is 2. The monoisotopic (exact) mass is 1070 g/mol. The van der Waals surface area contributed by atoms with E-state index in [1.54, 1.807) is 0 Å². The highest BCUT2D eigenvalue weighted by atomic mass is 16.5. The van der Waals surface area contributed by atoms with E-state index in [4.69, 9.17) is 4.74 Å². The van der Waals surface area contributed by atoms with Gasteiger partial charge in [0.15, 0.2) is 0 Å². The molecule has 6 nitrogen and oxygen atoms in total. The molecule has 0 saturated heterocycles. The first kappa shape index (κ1) is 74.3. The van der Waals surface area contributed by atoms with E-state index in [0.29, 0.717) is 25.9 Å². The van der Waals surface area contributed by atoms with Crippen molar-refractivity contribution in [3.05, 3.63) is 24.3 Å². The van der Waals surface area contributed by atoms with Crippen LogP contribution in [0.5, 0.6) is 0 Å². The molecule has 0 aliphatic carbocycles. The lowest BCUT2D eigenvalue weighted by molar-refractivity contribution is -0.143. The largest absolute Gasteiger partial charge is 0.466 e. The van der Waals surface area contributed by atoms with Gasteiger partial charge >= 0.3 is 5.97 Å². The SMILES string of the molecule is CCCCC/C=C\C/C=C\CCCCCCCCCC(=O)OCCCCCCCCCCCCCCCCCCCCC(=O)NC(CO)C(O)CCCCCCCCCCCCCCCCCCCCCCCCCC. The van der Waals surface area contributed by atoms with Crippen molar-refractivity contribution in [3.63, 3.8) is 0 Å². The van der Waals surface area contributed by atoms with Crippen LogP contribution in [0.25, 0.3) is 0 Å². The smallest absolute Gasteiger partial charge is 0.305 e. The molecular formula is C70H135NO5. The molecular weight excluding hydrogens is 935 g/mol. The standard InChI is InChI=1S/C70H135NO5/c1-3-5-7-9-11-13-15-17-19-21-22-23-24-25-26-27-31-34-38-42-46-50-54-58-62-68(73)67(66-72)71-69(74)63-59-55-51-47-43-39-35-32-28-29-33-37-41-45-49-53-57-61-65-76-70(75)64-60-56-52-48-44-40-36-30-20-18-16-14-12-10-8-6-4-2/h12,14,18,20,67-68,72-73H,3-11,13,15-17,19,21-66H2,1-2H3,(H,71,74)/b14-12-,20-18-. The third-order valence-electron chi connectivity index (χ3n) is 16.3. The van der Waals surface area contributed by atoms with Gasteiger partial charge in [0.2, 0.25) is 5.91 Å². The van der Waals surface area contributed by atoms with Crippen LogP contribution in [0, 0.1) is 0 Å². The minimum atomic E-state index is -0.669. The molecule has 450 valence electrons. The molecule has 0 saturated carbocycles. The van der Waals surface area contributed by atoms with Gasteiger partial charge < -0.3 is 20.3 Å². The summed E-state index contributed by atoms with van der Waals surface area (Å²) in [6.07, 6.45) is 82.1. The Morgan fingerprint density at radius 2 is 0.658 bits per heavy atom. The van der Waals surface area contributed by atoms with Crippen molar-refractivity contribution >= 4 is 11.9 Å². The zero-order chi connectivity index (χ0) is 55.0. The molecule has 2 unspecified atom stereocenters. The van der Waals surface area contributed by atoms with E-state index in [2.05, 4.69) is 43.5 Å². The van der Waals surface area contributed by atoms with Gasteiger partial charge in [0.1, 0.15) is 0 Å². The fourth-order valence-electron chi connectivity index (χ4n) is 11.0. The molecule has 2 atom stereocenters. The predicted octanol–water partition coefficient (Wildman–Crippen LogP) is 22.1. The minimum absolute atomic E-state index is 0.000757. The molecule has 0 aliphatic rings. The molecule has 0 aliphatic heterocycles. The Labute approximate surface area is 475 Å². The average Bonchev–Trinajstić information content (AvgIpc) is 3.42. The number of carbonyl (C=O) groups excluding carboxylic acids is 2. The lowest BCUT2D eigenvalue weighted by Crippen LogP contribution is -2.45. The molecule has 0 bridgehead atoms. The van der Waals surface area contributed by atoms with Crippen LogP contribution in [0.4, 0.5) is 0 Å². The van der Waals surface area contributed by atoms with Gasteiger partial charge in [0, 0.05) is 12.8 Å². The summed E-state index contributed by atoms with van der Waals surface area (Å²) in [5.74, 6) is -0.0338. The van der Waals surface area contributed by atoms with Crippen LogP contribution in [0.3, 0.4) is 0 Å². The van der Waals surface area contributed by atoms with Crippen molar-refractivity contribution in [2.75, 3.05) is 13.2 Å². The highest BCUT2D eigenvalue weighted by Crippen LogP contribution is 2.19. The maximum absolute atomic E-state index is 12.6. The number of ether oxygens (including phenoxy) is 1. The van der Waals surface area contributed by atoms with Gasteiger partial charge in [0.25, 0.3) is 0 Å². The summed E-state index contributed by atoms with van der Waals surface area (Å²) in [4.78, 5) is 24.6. The second kappa shape index (κ2) is 65.9. The second-order valence-corrected chi connectivity index (χ2v) is 23.9. The molecule has 0 fully saturated rings. The van der Waals surface area contributed by atoms with E-state index < -0.39 is 12.1 Å². The highest BCUT2D eigenvalue weighted by molar-refractivity contribution is 5.76. The molecule has 0 aromatic heterocycles. The van der Waals surface area contributed by atoms with Crippen LogP contribution in [0.1, 0.15) is 386 Å². The zero-order valence-corrected chi connectivity index (χ0v) is 51.5. The number of rotatable bonds is 65. The molecule has 76 heavy (non-hydrogen) atoms. The van der Waals surface area contributed by atoms with E-state index in [1.165, 1.54) is 302 Å². The van der Waals surface area contributed by atoms with Crippen LogP contribution in [0.15, 0.2) is 24.3 Å². The summed E-state index contributed by atoms with van der Waals surface area (Å²) < 4.78 is 5.49. The van der Waals surface area contributed by atoms with Gasteiger partial charge in [-0.3, -0.25) is 9.59 Å². The number of allylic oxidation sites excluding steroid dienone is 4. The summed E-state index contributed by atoms with van der Waals surface area (Å²) in [6, 6.07) is -0.546. The normalized spacial score (nSPS) is 12.6. The Morgan fingerprint density at radius 3 is 1.03 bits per heavy atom. The summed E-state index contributed by atoms with van der Waals surface area (Å²) in [7, 11) is 0. The van der Waals surface area contributed by atoms with Crippen molar-refractivity contribution in [3.8, 4) is 0 Å². The van der Waals surface area contributed by atoms with Crippen molar-refractivity contribution in [1.29, 1.82) is 0 Å². The van der Waals surface area contributed by atoms with Gasteiger partial charge in [-0.05, 0) is 57.8 Å². The molecule has 0 rings (SSSR count). The van der Waals surface area contributed by atoms with Crippen molar-refractivity contribution in [2.45, 2.75) is 398 Å². The summed E-state index contributed by atoms with van der Waals surface area (Å²) >= 11 is 0. The molecule has 0 spiro atoms. The Hall–Kier alpha value is -1.66. The van der Waals surface area contributed by atoms with Gasteiger partial charge in [-0.25, -0.2) is 0 Å². The molecule has 0 radical (unpaired) electrons. The summed E-state index contributed by atoms with van der Waals surface area (Å²) in [5.41, 5.74) is 0.